The van der Waals surface area contributed by atoms with Crippen LogP contribution in [-0.2, 0) is 0 Å². The molecule has 1 fully saturated rings. The smallest absolute Gasteiger partial charge is 0.265 e. The maximum Gasteiger partial charge on any atom is 0.265 e. The van der Waals surface area contributed by atoms with E-state index < -0.39 is 5.92 Å². The molecule has 34 heavy (non-hydrogen) atoms. The molecule has 2 aromatic carbocycles. The van der Waals surface area contributed by atoms with Gasteiger partial charge in [0.05, 0.1) is 31.2 Å². The lowest BCUT2D eigenvalue weighted by molar-refractivity contribution is -0.0116. The topological polar surface area (TPSA) is 65.2 Å². The molecule has 3 heterocycles. The summed E-state index contributed by atoms with van der Waals surface area (Å²) in [7, 11) is 1.52. The van der Waals surface area contributed by atoms with Gasteiger partial charge in [-0.05, 0) is 36.8 Å². The molecular weight excluding hydrogens is 440 g/mol. The van der Waals surface area contributed by atoms with Crippen molar-refractivity contribution in [3.8, 4) is 28.5 Å². The molecule has 0 unspecified atom stereocenters. The van der Waals surface area contributed by atoms with Crippen molar-refractivity contribution in [2.24, 2.45) is 0 Å². The van der Waals surface area contributed by atoms with E-state index in [9.17, 15) is 13.6 Å². The lowest BCUT2D eigenvalue weighted by Gasteiger charge is -2.34. The summed E-state index contributed by atoms with van der Waals surface area (Å²) < 4.78 is 36.6. The number of anilines is 1. The number of aromatic nitrogens is 4. The summed E-state index contributed by atoms with van der Waals surface area (Å²) in [6, 6.07) is 17.9. The number of nitrogens with zero attached hydrogens (tertiary/aromatic N) is 5. The summed E-state index contributed by atoms with van der Waals surface area (Å²) in [5, 5.41) is 8.93. The highest BCUT2D eigenvalue weighted by Gasteiger charge is 2.35. The van der Waals surface area contributed by atoms with Crippen LogP contribution in [0.2, 0.25) is 0 Å². The zero-order chi connectivity index (χ0) is 23.7. The van der Waals surface area contributed by atoms with Gasteiger partial charge in [0.1, 0.15) is 11.4 Å². The molecule has 1 saturated heterocycles. The fraction of sp³-hybridized carbons (Fsp3) is 0.240. The van der Waals surface area contributed by atoms with E-state index in [2.05, 4.69) is 10.2 Å². The highest BCUT2D eigenvalue weighted by atomic mass is 19.3. The number of alkyl halides is 2. The quantitative estimate of drug-likeness (QED) is 0.441. The number of rotatable bonds is 5. The maximum atomic E-state index is 13.9. The number of para-hydroxylation sites is 1. The Hall–Kier alpha value is -4.01. The van der Waals surface area contributed by atoms with E-state index in [1.54, 1.807) is 50.9 Å². The molecule has 0 radical (unpaired) electrons. The zero-order valence-corrected chi connectivity index (χ0v) is 18.6. The van der Waals surface area contributed by atoms with Crippen LogP contribution in [0.25, 0.3) is 22.8 Å². The third kappa shape index (κ3) is 4.16. The van der Waals surface area contributed by atoms with Crippen LogP contribution in [0, 0.1) is 0 Å². The Kier molecular flexibility index (Phi) is 5.61. The van der Waals surface area contributed by atoms with E-state index in [0.717, 1.165) is 5.69 Å². The molecule has 2 aromatic heterocycles. The summed E-state index contributed by atoms with van der Waals surface area (Å²) in [6.07, 6.45) is 3.51. The van der Waals surface area contributed by atoms with Gasteiger partial charge in [-0.3, -0.25) is 4.79 Å². The van der Waals surface area contributed by atoms with Crippen molar-refractivity contribution in [3.05, 3.63) is 83.3 Å². The van der Waals surface area contributed by atoms with Gasteiger partial charge in [-0.1, -0.05) is 18.2 Å². The van der Waals surface area contributed by atoms with Gasteiger partial charge in [-0.25, -0.2) is 18.1 Å². The Labute approximate surface area is 194 Å². The van der Waals surface area contributed by atoms with Crippen LogP contribution < -0.4 is 15.1 Å². The van der Waals surface area contributed by atoms with Crippen molar-refractivity contribution in [3.63, 3.8) is 0 Å². The Bertz CT molecular complexity index is 1370. The monoisotopic (exact) mass is 463 g/mol. The third-order valence-electron chi connectivity index (χ3n) is 5.86. The number of hydrogen-bond donors (Lipinski definition) is 0. The molecule has 5 rings (SSSR count). The predicted octanol–water partition coefficient (Wildman–Crippen LogP) is 4.33. The summed E-state index contributed by atoms with van der Waals surface area (Å²) in [5.41, 5.74) is 2.58. The largest absolute Gasteiger partial charge is 0.494 e. The van der Waals surface area contributed by atoms with Gasteiger partial charge in [-0.15, -0.1) is 0 Å². The van der Waals surface area contributed by atoms with E-state index in [1.165, 1.54) is 13.2 Å². The molecule has 0 aliphatic carbocycles. The number of halogens is 2. The molecule has 0 N–H and O–H groups in total. The van der Waals surface area contributed by atoms with Crippen molar-refractivity contribution in [1.82, 2.24) is 19.6 Å². The number of benzene rings is 2. The van der Waals surface area contributed by atoms with Crippen LogP contribution in [-0.4, -0.2) is 45.7 Å². The van der Waals surface area contributed by atoms with Crippen molar-refractivity contribution < 1.29 is 13.5 Å². The van der Waals surface area contributed by atoms with Gasteiger partial charge in [0, 0.05) is 37.0 Å². The number of hydrogen-bond acceptors (Lipinski definition) is 5. The minimum absolute atomic E-state index is 0.0949. The van der Waals surface area contributed by atoms with Gasteiger partial charge in [-0.2, -0.15) is 10.2 Å². The molecule has 0 saturated carbocycles. The summed E-state index contributed by atoms with van der Waals surface area (Å²) >= 11 is 0. The minimum atomic E-state index is -2.71. The van der Waals surface area contributed by atoms with Gasteiger partial charge in [0.15, 0.2) is 5.69 Å². The number of piperidine rings is 1. The van der Waals surface area contributed by atoms with E-state index in [-0.39, 0.29) is 24.1 Å². The van der Waals surface area contributed by atoms with Crippen LogP contribution in [0.4, 0.5) is 14.5 Å². The van der Waals surface area contributed by atoms with E-state index >= 15 is 0 Å². The Morgan fingerprint density at radius 1 is 1.03 bits per heavy atom. The molecular formula is C25H23F2N5O2. The fourth-order valence-electron chi connectivity index (χ4n) is 4.22. The average molecular weight is 463 g/mol. The van der Waals surface area contributed by atoms with Crippen LogP contribution >= 0.6 is 0 Å². The van der Waals surface area contributed by atoms with Gasteiger partial charge >= 0.3 is 0 Å². The van der Waals surface area contributed by atoms with Crippen LogP contribution in [0.1, 0.15) is 12.8 Å². The van der Waals surface area contributed by atoms with E-state index in [0.29, 0.717) is 35.8 Å². The highest BCUT2D eigenvalue weighted by molar-refractivity contribution is 5.61. The first-order valence-corrected chi connectivity index (χ1v) is 11.0. The number of ether oxygens (including phenoxy) is 1. The Morgan fingerprint density at radius 3 is 2.62 bits per heavy atom. The molecule has 1 aliphatic rings. The standard InChI is InChI=1S/C25H23F2N5O2/c1-34-23-16-19(30-14-5-12-25(26,27)17-30)8-9-20(23)31-15-11-22(33)24(29-31)21-10-13-28-32(21)18-6-3-2-4-7-18/h2-4,6-11,13,15-16H,5,12,14,17H2,1H3. The van der Waals surface area contributed by atoms with Crippen LogP contribution in [0.3, 0.4) is 0 Å². The van der Waals surface area contributed by atoms with Crippen LogP contribution in [0.15, 0.2) is 77.9 Å². The maximum absolute atomic E-state index is 13.9. The van der Waals surface area contributed by atoms with Crippen molar-refractivity contribution in [1.29, 1.82) is 0 Å². The zero-order valence-electron chi connectivity index (χ0n) is 18.6. The second kappa shape index (κ2) is 8.74. The summed E-state index contributed by atoms with van der Waals surface area (Å²) in [6.45, 7) is 0.237. The average Bonchev–Trinajstić information content (AvgIpc) is 3.34. The molecule has 9 heteroatoms. The molecule has 0 atom stereocenters. The highest BCUT2D eigenvalue weighted by Crippen LogP contribution is 2.33. The van der Waals surface area contributed by atoms with Gasteiger partial charge < -0.3 is 9.64 Å². The van der Waals surface area contributed by atoms with Crippen molar-refractivity contribution in [2.75, 3.05) is 25.1 Å². The normalized spacial score (nSPS) is 15.3. The summed E-state index contributed by atoms with van der Waals surface area (Å²) in [4.78, 5) is 14.4. The van der Waals surface area contributed by atoms with Crippen molar-refractivity contribution in [2.45, 2.75) is 18.8 Å². The second-order valence-electron chi connectivity index (χ2n) is 8.17. The van der Waals surface area contributed by atoms with E-state index in [4.69, 9.17) is 4.74 Å². The van der Waals surface area contributed by atoms with Crippen LogP contribution in [0.5, 0.6) is 5.75 Å². The molecule has 0 bridgehead atoms. The van der Waals surface area contributed by atoms with Gasteiger partial charge in [0.2, 0.25) is 5.43 Å². The second-order valence-corrected chi connectivity index (χ2v) is 8.17. The number of methoxy groups -OCH3 is 1. The van der Waals surface area contributed by atoms with E-state index in [1.807, 2.05) is 30.3 Å². The molecule has 1 aliphatic heterocycles. The lowest BCUT2D eigenvalue weighted by atomic mass is 10.1. The molecule has 4 aromatic rings. The third-order valence-corrected chi connectivity index (χ3v) is 5.86. The molecule has 7 nitrogen and oxygen atoms in total. The molecule has 0 amide bonds. The molecule has 174 valence electrons. The first-order chi connectivity index (χ1) is 16.4. The van der Waals surface area contributed by atoms with Crippen molar-refractivity contribution >= 4 is 5.69 Å². The van der Waals surface area contributed by atoms with Gasteiger partial charge in [0.25, 0.3) is 5.92 Å². The molecule has 0 spiro atoms. The Morgan fingerprint density at radius 2 is 1.85 bits per heavy atom. The lowest BCUT2D eigenvalue weighted by Crippen LogP contribution is -2.42. The predicted molar refractivity (Wildman–Crippen MR) is 125 cm³/mol. The summed E-state index contributed by atoms with van der Waals surface area (Å²) in [5.74, 6) is -2.24. The Balaban J connectivity index is 1.53. The first-order valence-electron chi connectivity index (χ1n) is 11.0. The fourth-order valence-corrected chi connectivity index (χ4v) is 4.22. The minimum Gasteiger partial charge on any atom is -0.494 e. The first kappa shape index (κ1) is 21.8. The SMILES string of the molecule is COc1cc(N2CCCC(F)(F)C2)ccc1-n1ccc(=O)c(-c2ccnn2-c2ccccc2)n1.